The van der Waals surface area contributed by atoms with Gasteiger partial charge in [-0.25, -0.2) is 8.42 Å². The SMILES string of the molecule is Cn1nccc1S(=O)(=O)N1CCC(CCBr)C1. The molecule has 1 saturated heterocycles. The summed E-state index contributed by atoms with van der Waals surface area (Å²) in [4.78, 5) is 0. The molecule has 2 heterocycles. The first-order valence-electron chi connectivity index (χ1n) is 5.60. The molecule has 96 valence electrons. The average molecular weight is 322 g/mol. The highest BCUT2D eigenvalue weighted by Crippen LogP contribution is 2.26. The Morgan fingerprint density at radius 3 is 2.94 bits per heavy atom. The molecule has 0 radical (unpaired) electrons. The van der Waals surface area contributed by atoms with E-state index in [-0.39, 0.29) is 5.03 Å². The van der Waals surface area contributed by atoms with Crippen molar-refractivity contribution < 1.29 is 8.42 Å². The fraction of sp³-hybridized carbons (Fsp3) is 0.700. The Bertz CT molecular complexity index is 485. The van der Waals surface area contributed by atoms with Gasteiger partial charge in [-0.05, 0) is 24.8 Å². The van der Waals surface area contributed by atoms with Crippen molar-refractivity contribution in [1.82, 2.24) is 14.1 Å². The molecule has 0 N–H and O–H groups in total. The Hall–Kier alpha value is -0.400. The highest BCUT2D eigenvalue weighted by Gasteiger charge is 2.33. The third-order valence-corrected chi connectivity index (χ3v) is 5.54. The van der Waals surface area contributed by atoms with Crippen LogP contribution in [0.2, 0.25) is 0 Å². The number of rotatable bonds is 4. The second-order valence-electron chi connectivity index (χ2n) is 4.29. The van der Waals surface area contributed by atoms with Crippen molar-refractivity contribution in [3.63, 3.8) is 0 Å². The zero-order valence-electron chi connectivity index (χ0n) is 9.71. The Balaban J connectivity index is 2.16. The van der Waals surface area contributed by atoms with E-state index in [1.54, 1.807) is 17.4 Å². The summed E-state index contributed by atoms with van der Waals surface area (Å²) >= 11 is 3.40. The monoisotopic (exact) mass is 321 g/mol. The van der Waals surface area contributed by atoms with Gasteiger partial charge in [0.1, 0.15) is 0 Å². The van der Waals surface area contributed by atoms with E-state index in [0.717, 1.165) is 18.2 Å². The van der Waals surface area contributed by atoms with E-state index in [1.807, 2.05) is 0 Å². The van der Waals surface area contributed by atoms with Crippen molar-refractivity contribution in [1.29, 1.82) is 0 Å². The Kier molecular flexibility index (Phi) is 3.89. The highest BCUT2D eigenvalue weighted by atomic mass is 79.9. The lowest BCUT2D eigenvalue weighted by Gasteiger charge is -2.16. The minimum absolute atomic E-state index is 0.275. The fourth-order valence-corrected chi connectivity index (χ4v) is 4.43. The first-order valence-corrected chi connectivity index (χ1v) is 8.16. The first kappa shape index (κ1) is 13.0. The molecule has 1 aliphatic rings. The van der Waals surface area contributed by atoms with Crippen LogP contribution < -0.4 is 0 Å². The Labute approximate surface area is 110 Å². The van der Waals surface area contributed by atoms with E-state index < -0.39 is 10.0 Å². The van der Waals surface area contributed by atoms with Crippen molar-refractivity contribution >= 4 is 26.0 Å². The number of aryl methyl sites for hydroxylation is 1. The van der Waals surface area contributed by atoms with E-state index in [0.29, 0.717) is 19.0 Å². The van der Waals surface area contributed by atoms with Crippen LogP contribution >= 0.6 is 15.9 Å². The minimum atomic E-state index is -3.36. The molecule has 0 spiro atoms. The van der Waals surface area contributed by atoms with Gasteiger partial charge in [-0.3, -0.25) is 4.68 Å². The second kappa shape index (κ2) is 5.07. The Morgan fingerprint density at radius 1 is 1.59 bits per heavy atom. The van der Waals surface area contributed by atoms with Crippen LogP contribution in [0, 0.1) is 5.92 Å². The smallest absolute Gasteiger partial charge is 0.256 e. The second-order valence-corrected chi connectivity index (χ2v) is 6.97. The number of aromatic nitrogens is 2. The summed E-state index contributed by atoms with van der Waals surface area (Å²) < 4.78 is 27.6. The predicted octanol–water partition coefficient (Wildman–Crippen LogP) is 1.22. The maximum absolute atomic E-state index is 12.3. The maximum Gasteiger partial charge on any atom is 0.260 e. The largest absolute Gasteiger partial charge is 0.260 e. The molecule has 0 bridgehead atoms. The van der Waals surface area contributed by atoms with Crippen LogP contribution in [0.4, 0.5) is 0 Å². The lowest BCUT2D eigenvalue weighted by molar-refractivity contribution is 0.446. The molecule has 1 aromatic rings. The average Bonchev–Trinajstić information content (AvgIpc) is 2.87. The number of hydrogen-bond acceptors (Lipinski definition) is 3. The lowest BCUT2D eigenvalue weighted by atomic mass is 10.1. The van der Waals surface area contributed by atoms with Crippen molar-refractivity contribution in [2.45, 2.75) is 17.9 Å². The fourth-order valence-electron chi connectivity index (χ4n) is 2.15. The number of halogens is 1. The van der Waals surface area contributed by atoms with Crippen LogP contribution in [0.25, 0.3) is 0 Å². The van der Waals surface area contributed by atoms with E-state index in [1.165, 1.54) is 10.9 Å². The molecule has 0 aromatic carbocycles. The highest BCUT2D eigenvalue weighted by molar-refractivity contribution is 9.09. The summed E-state index contributed by atoms with van der Waals surface area (Å²) in [5.41, 5.74) is 0. The van der Waals surface area contributed by atoms with Gasteiger partial charge in [0, 0.05) is 25.5 Å². The van der Waals surface area contributed by atoms with Crippen LogP contribution in [0.1, 0.15) is 12.8 Å². The third kappa shape index (κ3) is 2.56. The van der Waals surface area contributed by atoms with Crippen molar-refractivity contribution in [2.75, 3.05) is 18.4 Å². The third-order valence-electron chi connectivity index (χ3n) is 3.15. The van der Waals surface area contributed by atoms with Crippen LogP contribution in [0.15, 0.2) is 17.3 Å². The van der Waals surface area contributed by atoms with Gasteiger partial charge in [-0.2, -0.15) is 9.40 Å². The number of sulfonamides is 1. The molecule has 0 saturated carbocycles. The van der Waals surface area contributed by atoms with Gasteiger partial charge in [-0.1, -0.05) is 15.9 Å². The summed E-state index contributed by atoms with van der Waals surface area (Å²) in [7, 11) is -1.71. The predicted molar refractivity (Wildman–Crippen MR) is 68.5 cm³/mol. The normalized spacial score (nSPS) is 22.1. The summed E-state index contributed by atoms with van der Waals surface area (Å²) in [5.74, 6) is 0.470. The van der Waals surface area contributed by atoms with E-state index in [2.05, 4.69) is 21.0 Å². The maximum atomic E-state index is 12.3. The van der Waals surface area contributed by atoms with Crippen molar-refractivity contribution in [2.24, 2.45) is 13.0 Å². The lowest BCUT2D eigenvalue weighted by Crippen LogP contribution is -2.30. The van der Waals surface area contributed by atoms with Gasteiger partial charge < -0.3 is 0 Å². The van der Waals surface area contributed by atoms with Crippen molar-refractivity contribution in [3.8, 4) is 0 Å². The molecule has 1 fully saturated rings. The molecule has 0 amide bonds. The van der Waals surface area contributed by atoms with Gasteiger partial charge >= 0.3 is 0 Å². The van der Waals surface area contributed by atoms with Crippen LogP contribution in [-0.2, 0) is 17.1 Å². The number of alkyl halides is 1. The van der Waals surface area contributed by atoms with Crippen LogP contribution in [0.3, 0.4) is 0 Å². The first-order chi connectivity index (χ1) is 8.05. The molecule has 1 unspecified atom stereocenters. The van der Waals surface area contributed by atoms with Gasteiger partial charge in [0.25, 0.3) is 10.0 Å². The van der Waals surface area contributed by atoms with Gasteiger partial charge in [-0.15, -0.1) is 0 Å². The van der Waals surface area contributed by atoms with E-state index in [4.69, 9.17) is 0 Å². The summed E-state index contributed by atoms with van der Waals surface area (Å²) in [5, 5.41) is 5.12. The molecule has 5 nitrogen and oxygen atoms in total. The van der Waals surface area contributed by atoms with Crippen LogP contribution in [-0.4, -0.2) is 40.9 Å². The molecular weight excluding hydrogens is 306 g/mol. The number of nitrogens with zero attached hydrogens (tertiary/aromatic N) is 3. The molecule has 1 aliphatic heterocycles. The van der Waals surface area contributed by atoms with Gasteiger partial charge in [0.2, 0.25) is 0 Å². The molecule has 1 aromatic heterocycles. The topological polar surface area (TPSA) is 55.2 Å². The number of hydrogen-bond donors (Lipinski definition) is 0. The van der Waals surface area contributed by atoms with Gasteiger partial charge in [0.05, 0.1) is 6.20 Å². The van der Waals surface area contributed by atoms with E-state index >= 15 is 0 Å². The summed E-state index contributed by atoms with van der Waals surface area (Å²) in [6, 6.07) is 1.55. The molecule has 7 heteroatoms. The van der Waals surface area contributed by atoms with Crippen molar-refractivity contribution in [3.05, 3.63) is 12.3 Å². The zero-order valence-corrected chi connectivity index (χ0v) is 12.1. The quantitative estimate of drug-likeness (QED) is 0.783. The molecule has 0 aliphatic carbocycles. The standard InChI is InChI=1S/C10H16BrN3O2S/c1-13-10(3-6-12-13)17(15,16)14-7-4-9(8-14)2-5-11/h3,6,9H,2,4-5,7-8H2,1H3. The molecule has 2 rings (SSSR count). The Morgan fingerprint density at radius 2 is 2.35 bits per heavy atom. The zero-order chi connectivity index (χ0) is 12.5. The van der Waals surface area contributed by atoms with Gasteiger partial charge in [0.15, 0.2) is 5.03 Å². The molecule has 1 atom stereocenters. The van der Waals surface area contributed by atoms with E-state index in [9.17, 15) is 8.42 Å². The van der Waals surface area contributed by atoms with Crippen LogP contribution in [0.5, 0.6) is 0 Å². The minimum Gasteiger partial charge on any atom is -0.256 e. The molecular formula is C10H16BrN3O2S. The molecule has 17 heavy (non-hydrogen) atoms. The summed E-state index contributed by atoms with van der Waals surface area (Å²) in [6.45, 7) is 1.24. The summed E-state index contributed by atoms with van der Waals surface area (Å²) in [6.07, 6.45) is 3.49.